The molecule has 0 spiro atoms. The summed E-state index contributed by atoms with van der Waals surface area (Å²) < 4.78 is 10.4. The highest BCUT2D eigenvalue weighted by atomic mass is 16.6. The molecule has 2 saturated carbocycles. The molecule has 4 fully saturated rings. The number of hydrogen-bond donors (Lipinski definition) is 4. The molecule has 192 valence electrons. The maximum absolute atomic E-state index is 11.6. The summed E-state index contributed by atoms with van der Waals surface area (Å²) in [4.78, 5) is 46.0. The van der Waals surface area contributed by atoms with Crippen LogP contribution < -0.4 is 21.3 Å². The molecule has 0 aromatic heterocycles. The Labute approximate surface area is 201 Å². The summed E-state index contributed by atoms with van der Waals surface area (Å²) in [5, 5.41) is 11.4. The van der Waals surface area contributed by atoms with E-state index in [1.54, 1.807) is 0 Å². The second-order valence-electron chi connectivity index (χ2n) is 11.8. The Morgan fingerprint density at radius 1 is 0.706 bits per heavy atom. The van der Waals surface area contributed by atoms with Crippen LogP contribution in [0.4, 0.5) is 9.59 Å². The number of alkyl carbamates (subject to hydrolysis) is 2. The monoisotopic (exact) mass is 480 g/mol. The molecule has 2 aliphatic carbocycles. The summed E-state index contributed by atoms with van der Waals surface area (Å²) in [7, 11) is 0. The molecule has 4 rings (SSSR count). The van der Waals surface area contributed by atoms with Gasteiger partial charge in [-0.2, -0.15) is 0 Å². The SMILES string of the molecule is CC(C)(C)OC(=O)N[C@H]1CC(=O)N[C@@H]1C1CC1.CC(C)(C)OC(=O)N[C@H]1CC(=O)N[C@H]1C1CC1. The molecule has 4 amide bonds. The first-order chi connectivity index (χ1) is 15.7. The topological polar surface area (TPSA) is 135 Å². The molecule has 10 nitrogen and oxygen atoms in total. The van der Waals surface area contributed by atoms with E-state index in [9.17, 15) is 19.2 Å². The first-order valence-electron chi connectivity index (χ1n) is 12.3. The second kappa shape index (κ2) is 10.00. The highest BCUT2D eigenvalue weighted by Gasteiger charge is 2.44. The van der Waals surface area contributed by atoms with Gasteiger partial charge in [0.05, 0.1) is 24.2 Å². The highest BCUT2D eigenvalue weighted by molar-refractivity contribution is 5.82. The largest absolute Gasteiger partial charge is 0.444 e. The van der Waals surface area contributed by atoms with Crippen molar-refractivity contribution in [1.29, 1.82) is 0 Å². The predicted octanol–water partition coefficient (Wildman–Crippen LogP) is 2.36. The van der Waals surface area contributed by atoms with Gasteiger partial charge in [-0.05, 0) is 79.1 Å². The lowest BCUT2D eigenvalue weighted by molar-refractivity contribution is -0.120. The number of carbonyl (C=O) groups is 4. The van der Waals surface area contributed by atoms with Gasteiger partial charge < -0.3 is 30.7 Å². The van der Waals surface area contributed by atoms with E-state index in [1.807, 2.05) is 41.5 Å². The lowest BCUT2D eigenvalue weighted by Crippen LogP contribution is -2.46. The van der Waals surface area contributed by atoms with Crippen LogP contribution in [0.2, 0.25) is 0 Å². The van der Waals surface area contributed by atoms with E-state index in [0.717, 1.165) is 25.7 Å². The van der Waals surface area contributed by atoms with Crippen LogP contribution in [0.3, 0.4) is 0 Å². The van der Waals surface area contributed by atoms with Gasteiger partial charge in [-0.3, -0.25) is 9.59 Å². The van der Waals surface area contributed by atoms with E-state index in [1.165, 1.54) is 0 Å². The molecule has 2 heterocycles. The van der Waals surface area contributed by atoms with Crippen LogP contribution in [0.15, 0.2) is 0 Å². The van der Waals surface area contributed by atoms with E-state index < -0.39 is 23.4 Å². The van der Waals surface area contributed by atoms with Crippen LogP contribution in [-0.2, 0) is 19.1 Å². The Hall–Kier alpha value is -2.52. The number of hydrogen-bond acceptors (Lipinski definition) is 6. The first kappa shape index (κ1) is 26.1. The Morgan fingerprint density at radius 3 is 1.29 bits per heavy atom. The third kappa shape index (κ3) is 8.36. The molecule has 4 aliphatic rings. The maximum atomic E-state index is 11.6. The van der Waals surface area contributed by atoms with Gasteiger partial charge in [-0.1, -0.05) is 0 Å². The second-order valence-corrected chi connectivity index (χ2v) is 11.8. The minimum absolute atomic E-state index is 0.0166. The number of rotatable bonds is 4. The van der Waals surface area contributed by atoms with Crippen LogP contribution in [0.25, 0.3) is 0 Å². The Balaban J connectivity index is 0.000000191. The van der Waals surface area contributed by atoms with Crippen molar-refractivity contribution in [1.82, 2.24) is 21.3 Å². The van der Waals surface area contributed by atoms with E-state index in [4.69, 9.17) is 9.47 Å². The predicted molar refractivity (Wildman–Crippen MR) is 125 cm³/mol. The molecular weight excluding hydrogens is 440 g/mol. The molecule has 0 radical (unpaired) electrons. The molecule has 0 aromatic rings. The molecule has 10 heteroatoms. The summed E-state index contributed by atoms with van der Waals surface area (Å²) in [6.07, 6.45) is 4.39. The van der Waals surface area contributed by atoms with Crippen molar-refractivity contribution in [3.8, 4) is 0 Å². The van der Waals surface area contributed by atoms with Crippen molar-refractivity contribution in [3.05, 3.63) is 0 Å². The average Bonchev–Trinajstić information content (AvgIpc) is 3.56. The Bertz CT molecular complexity index is 728. The minimum Gasteiger partial charge on any atom is -0.444 e. The molecule has 4 atom stereocenters. The Kier molecular flexibility index (Phi) is 7.67. The van der Waals surface area contributed by atoms with Crippen LogP contribution in [0.1, 0.15) is 80.1 Å². The van der Waals surface area contributed by atoms with Gasteiger partial charge >= 0.3 is 12.2 Å². The first-order valence-corrected chi connectivity index (χ1v) is 12.3. The number of carbonyl (C=O) groups excluding carboxylic acids is 4. The third-order valence-corrected chi connectivity index (χ3v) is 6.00. The highest BCUT2D eigenvalue weighted by Crippen LogP contribution is 2.37. The standard InChI is InChI=1S/2C12H20N2O3/c2*1-12(2,3)17-11(16)13-8-6-9(15)14-10(8)7-4-5-7/h2*7-8,10H,4-6H2,1-3H3,(H,13,16)(H,14,15)/t8-,10+;8-,10-/m00/s1. The zero-order valence-corrected chi connectivity index (χ0v) is 21.2. The van der Waals surface area contributed by atoms with Gasteiger partial charge in [0.1, 0.15) is 11.2 Å². The van der Waals surface area contributed by atoms with Crippen LogP contribution >= 0.6 is 0 Å². The van der Waals surface area contributed by atoms with Gasteiger partial charge in [0.15, 0.2) is 0 Å². The van der Waals surface area contributed by atoms with Gasteiger partial charge in [0.25, 0.3) is 0 Å². The lowest BCUT2D eigenvalue weighted by Gasteiger charge is -2.24. The summed E-state index contributed by atoms with van der Waals surface area (Å²) >= 11 is 0. The number of ether oxygens (including phenoxy) is 2. The summed E-state index contributed by atoms with van der Waals surface area (Å²) in [6.45, 7) is 10.9. The fourth-order valence-corrected chi connectivity index (χ4v) is 4.35. The van der Waals surface area contributed by atoms with Gasteiger partial charge in [0.2, 0.25) is 11.8 Å². The van der Waals surface area contributed by atoms with Crippen molar-refractivity contribution >= 4 is 24.0 Å². The molecule has 2 aliphatic heterocycles. The van der Waals surface area contributed by atoms with Crippen molar-refractivity contribution in [2.75, 3.05) is 0 Å². The number of amides is 4. The maximum Gasteiger partial charge on any atom is 0.407 e. The molecule has 0 bridgehead atoms. The van der Waals surface area contributed by atoms with Crippen molar-refractivity contribution in [2.24, 2.45) is 11.8 Å². The summed E-state index contributed by atoms with van der Waals surface area (Å²) in [5.74, 6) is 1.09. The van der Waals surface area contributed by atoms with Crippen LogP contribution in [0, 0.1) is 11.8 Å². The smallest absolute Gasteiger partial charge is 0.407 e. The zero-order valence-electron chi connectivity index (χ0n) is 21.2. The van der Waals surface area contributed by atoms with Crippen molar-refractivity contribution in [3.63, 3.8) is 0 Å². The molecular formula is C24H40N4O6. The van der Waals surface area contributed by atoms with E-state index in [-0.39, 0.29) is 36.0 Å². The van der Waals surface area contributed by atoms with E-state index in [0.29, 0.717) is 24.7 Å². The molecule has 0 unspecified atom stereocenters. The molecule has 34 heavy (non-hydrogen) atoms. The number of nitrogens with one attached hydrogen (secondary N) is 4. The molecule has 4 N–H and O–H groups in total. The van der Waals surface area contributed by atoms with Crippen LogP contribution in [0.5, 0.6) is 0 Å². The summed E-state index contributed by atoms with van der Waals surface area (Å²) in [5.41, 5.74) is -1.01. The Morgan fingerprint density at radius 2 is 1.03 bits per heavy atom. The van der Waals surface area contributed by atoms with Crippen LogP contribution in [-0.4, -0.2) is 59.4 Å². The minimum atomic E-state index is -0.505. The third-order valence-electron chi connectivity index (χ3n) is 6.00. The van der Waals surface area contributed by atoms with Crippen molar-refractivity contribution in [2.45, 2.75) is 115 Å². The molecule has 2 saturated heterocycles. The van der Waals surface area contributed by atoms with Crippen molar-refractivity contribution < 1.29 is 28.7 Å². The lowest BCUT2D eigenvalue weighted by atomic mass is 10.1. The quantitative estimate of drug-likeness (QED) is 0.488. The van der Waals surface area contributed by atoms with E-state index in [2.05, 4.69) is 21.3 Å². The van der Waals surface area contributed by atoms with Gasteiger partial charge in [-0.15, -0.1) is 0 Å². The average molecular weight is 481 g/mol. The normalized spacial score (nSPS) is 28.8. The van der Waals surface area contributed by atoms with Gasteiger partial charge in [0, 0.05) is 12.8 Å². The molecule has 0 aromatic carbocycles. The zero-order chi connectivity index (χ0) is 25.3. The van der Waals surface area contributed by atoms with E-state index >= 15 is 0 Å². The fourth-order valence-electron chi connectivity index (χ4n) is 4.35. The van der Waals surface area contributed by atoms with Gasteiger partial charge in [-0.25, -0.2) is 9.59 Å². The fraction of sp³-hybridized carbons (Fsp3) is 0.833. The summed E-state index contributed by atoms with van der Waals surface area (Å²) in [6, 6.07) is -0.0558.